The Morgan fingerprint density at radius 3 is 2.39 bits per heavy atom. The van der Waals surface area contributed by atoms with Crippen LogP contribution in [0, 0.1) is 29.6 Å². The van der Waals surface area contributed by atoms with Crippen LogP contribution in [0.2, 0.25) is 0 Å². The molecule has 1 amide bonds. The molecule has 4 nitrogen and oxygen atoms in total. The summed E-state index contributed by atoms with van der Waals surface area (Å²) in [6.45, 7) is 3.28. The lowest BCUT2D eigenvalue weighted by molar-refractivity contribution is -0.143. The van der Waals surface area contributed by atoms with E-state index in [0.29, 0.717) is 24.9 Å². The van der Waals surface area contributed by atoms with Gasteiger partial charge in [0.05, 0.1) is 5.92 Å². The smallest absolute Gasteiger partial charge is 0.308 e. The Hall–Kier alpha value is -1.06. The van der Waals surface area contributed by atoms with Gasteiger partial charge in [-0.25, -0.2) is 0 Å². The molecular weight excluding hydrogens is 290 g/mol. The molecule has 0 aromatic heterocycles. The van der Waals surface area contributed by atoms with E-state index in [-0.39, 0.29) is 23.7 Å². The zero-order valence-electron chi connectivity index (χ0n) is 14.4. The number of aliphatic carboxylic acids is 1. The second-order valence-electron chi connectivity index (χ2n) is 8.06. The molecule has 3 rings (SSSR count). The van der Waals surface area contributed by atoms with Crippen molar-refractivity contribution < 1.29 is 14.7 Å². The molecule has 3 atom stereocenters. The molecular formula is C19H31NO3. The van der Waals surface area contributed by atoms with E-state index in [2.05, 4.69) is 6.92 Å². The van der Waals surface area contributed by atoms with Gasteiger partial charge in [0.15, 0.2) is 0 Å². The first-order chi connectivity index (χ1) is 11.1. The Labute approximate surface area is 139 Å². The molecule has 2 saturated carbocycles. The predicted molar refractivity (Wildman–Crippen MR) is 88.9 cm³/mol. The Bertz CT molecular complexity index is 440. The number of nitrogens with zero attached hydrogens (tertiary/aromatic N) is 1. The van der Waals surface area contributed by atoms with Crippen LogP contribution >= 0.6 is 0 Å². The van der Waals surface area contributed by atoms with Gasteiger partial charge in [0.1, 0.15) is 0 Å². The lowest BCUT2D eigenvalue weighted by Crippen LogP contribution is -2.36. The van der Waals surface area contributed by atoms with E-state index in [1.54, 1.807) is 0 Å². The fourth-order valence-corrected chi connectivity index (χ4v) is 4.87. The van der Waals surface area contributed by atoms with Crippen molar-refractivity contribution in [2.24, 2.45) is 29.6 Å². The van der Waals surface area contributed by atoms with Crippen LogP contribution in [-0.4, -0.2) is 35.0 Å². The van der Waals surface area contributed by atoms with Crippen molar-refractivity contribution in [1.29, 1.82) is 0 Å². The van der Waals surface area contributed by atoms with Crippen molar-refractivity contribution in [3.8, 4) is 0 Å². The van der Waals surface area contributed by atoms with Crippen molar-refractivity contribution in [2.75, 3.05) is 13.1 Å². The Morgan fingerprint density at radius 1 is 1.13 bits per heavy atom. The summed E-state index contributed by atoms with van der Waals surface area (Å²) in [4.78, 5) is 26.5. The van der Waals surface area contributed by atoms with Gasteiger partial charge in [-0.15, -0.1) is 0 Å². The van der Waals surface area contributed by atoms with Crippen LogP contribution in [0.15, 0.2) is 0 Å². The SMILES string of the molecule is CCCC(CC1CCCC1)C(=O)N1C[C@H](C(=O)O)[C@@H](C2CC2)C1. The van der Waals surface area contributed by atoms with Crippen LogP contribution in [0.25, 0.3) is 0 Å². The van der Waals surface area contributed by atoms with Gasteiger partial charge < -0.3 is 10.0 Å². The summed E-state index contributed by atoms with van der Waals surface area (Å²) in [5.74, 6) is 0.787. The van der Waals surface area contributed by atoms with Crippen molar-refractivity contribution in [1.82, 2.24) is 4.90 Å². The molecule has 0 aromatic rings. The largest absolute Gasteiger partial charge is 0.481 e. The van der Waals surface area contributed by atoms with E-state index in [1.165, 1.54) is 25.7 Å². The summed E-state index contributed by atoms with van der Waals surface area (Å²) < 4.78 is 0. The maximum absolute atomic E-state index is 13.0. The number of hydrogen-bond acceptors (Lipinski definition) is 2. The fraction of sp³-hybridized carbons (Fsp3) is 0.895. The lowest BCUT2D eigenvalue weighted by Gasteiger charge is -2.25. The van der Waals surface area contributed by atoms with Crippen molar-refractivity contribution >= 4 is 11.9 Å². The molecule has 3 aliphatic rings. The number of carbonyl (C=O) groups is 2. The van der Waals surface area contributed by atoms with Gasteiger partial charge in [0.2, 0.25) is 5.91 Å². The molecule has 1 N–H and O–H groups in total. The molecule has 3 fully saturated rings. The first-order valence-corrected chi connectivity index (χ1v) is 9.61. The number of likely N-dealkylation sites (tertiary alicyclic amines) is 1. The predicted octanol–water partition coefficient (Wildman–Crippen LogP) is 3.55. The molecule has 0 spiro atoms. The molecule has 130 valence electrons. The maximum Gasteiger partial charge on any atom is 0.308 e. The van der Waals surface area contributed by atoms with Crippen molar-refractivity contribution in [3.63, 3.8) is 0 Å². The molecule has 0 radical (unpaired) electrons. The highest BCUT2D eigenvalue weighted by molar-refractivity contribution is 5.81. The highest BCUT2D eigenvalue weighted by atomic mass is 16.4. The fourth-order valence-electron chi connectivity index (χ4n) is 4.87. The molecule has 1 aliphatic heterocycles. The third-order valence-electron chi connectivity index (χ3n) is 6.30. The van der Waals surface area contributed by atoms with Crippen LogP contribution in [0.3, 0.4) is 0 Å². The minimum Gasteiger partial charge on any atom is -0.481 e. The third kappa shape index (κ3) is 3.89. The van der Waals surface area contributed by atoms with Gasteiger partial charge in [0.25, 0.3) is 0 Å². The molecule has 0 aromatic carbocycles. The first kappa shape index (κ1) is 16.8. The van der Waals surface area contributed by atoms with Crippen LogP contribution in [-0.2, 0) is 9.59 Å². The molecule has 2 aliphatic carbocycles. The Kier molecular flexibility index (Phi) is 5.27. The van der Waals surface area contributed by atoms with Crippen molar-refractivity contribution in [2.45, 2.75) is 64.7 Å². The quantitative estimate of drug-likeness (QED) is 0.780. The number of carbonyl (C=O) groups excluding carboxylic acids is 1. The van der Waals surface area contributed by atoms with E-state index >= 15 is 0 Å². The number of rotatable bonds is 7. The average molecular weight is 321 g/mol. The maximum atomic E-state index is 13.0. The van der Waals surface area contributed by atoms with E-state index < -0.39 is 5.97 Å². The summed E-state index contributed by atoms with van der Waals surface area (Å²) in [7, 11) is 0. The van der Waals surface area contributed by atoms with Gasteiger partial charge in [-0.05, 0) is 43.4 Å². The Balaban J connectivity index is 1.63. The Morgan fingerprint density at radius 2 is 1.83 bits per heavy atom. The molecule has 1 unspecified atom stereocenters. The standard InChI is InChI=1S/C19H31NO3/c1-2-5-15(10-13-6-3-4-7-13)18(21)20-11-16(14-8-9-14)17(12-20)19(22)23/h13-17H,2-12H2,1H3,(H,22,23)/t15?,16-,17+/m1/s1. The highest BCUT2D eigenvalue weighted by Gasteiger charge is 2.47. The van der Waals surface area contributed by atoms with Gasteiger partial charge in [-0.3, -0.25) is 9.59 Å². The summed E-state index contributed by atoms with van der Waals surface area (Å²) in [6, 6.07) is 0. The molecule has 1 heterocycles. The van der Waals surface area contributed by atoms with Crippen LogP contribution in [0.5, 0.6) is 0 Å². The lowest BCUT2D eigenvalue weighted by atomic mass is 9.89. The number of hydrogen-bond donors (Lipinski definition) is 1. The van der Waals surface area contributed by atoms with Crippen LogP contribution in [0.1, 0.15) is 64.7 Å². The third-order valence-corrected chi connectivity index (χ3v) is 6.30. The molecule has 23 heavy (non-hydrogen) atoms. The zero-order valence-corrected chi connectivity index (χ0v) is 14.4. The minimum absolute atomic E-state index is 0.121. The van der Waals surface area contributed by atoms with Crippen LogP contribution < -0.4 is 0 Å². The summed E-state index contributed by atoms with van der Waals surface area (Å²) in [5.41, 5.74) is 0. The second kappa shape index (κ2) is 7.23. The van der Waals surface area contributed by atoms with Crippen molar-refractivity contribution in [3.05, 3.63) is 0 Å². The normalized spacial score (nSPS) is 29.9. The summed E-state index contributed by atoms with van der Waals surface area (Å²) in [6.07, 6.45) is 10.5. The minimum atomic E-state index is -0.708. The van der Waals surface area contributed by atoms with Gasteiger partial charge in [-0.2, -0.15) is 0 Å². The average Bonchev–Trinajstić information content (AvgIpc) is 3.07. The summed E-state index contributed by atoms with van der Waals surface area (Å²) >= 11 is 0. The number of carboxylic acids is 1. The zero-order chi connectivity index (χ0) is 16.4. The number of amides is 1. The van der Waals surface area contributed by atoms with Crippen LogP contribution in [0.4, 0.5) is 0 Å². The molecule has 0 bridgehead atoms. The van der Waals surface area contributed by atoms with E-state index in [1.807, 2.05) is 4.90 Å². The highest BCUT2D eigenvalue weighted by Crippen LogP contribution is 2.44. The van der Waals surface area contributed by atoms with E-state index in [4.69, 9.17) is 0 Å². The van der Waals surface area contributed by atoms with Gasteiger partial charge in [0, 0.05) is 19.0 Å². The second-order valence-corrected chi connectivity index (χ2v) is 8.06. The monoisotopic (exact) mass is 321 g/mol. The summed E-state index contributed by atoms with van der Waals surface area (Å²) in [5, 5.41) is 9.49. The number of carboxylic acid groups (broad SMARTS) is 1. The van der Waals surface area contributed by atoms with E-state index in [0.717, 1.165) is 32.1 Å². The van der Waals surface area contributed by atoms with Gasteiger partial charge in [-0.1, -0.05) is 39.0 Å². The first-order valence-electron chi connectivity index (χ1n) is 9.61. The molecule has 4 heteroatoms. The topological polar surface area (TPSA) is 57.6 Å². The van der Waals surface area contributed by atoms with E-state index in [9.17, 15) is 14.7 Å². The van der Waals surface area contributed by atoms with Gasteiger partial charge >= 0.3 is 5.97 Å². The molecule has 1 saturated heterocycles.